The van der Waals surface area contributed by atoms with Gasteiger partial charge in [-0.15, -0.1) is 10.2 Å². The first-order valence-corrected chi connectivity index (χ1v) is 11.8. The van der Waals surface area contributed by atoms with Gasteiger partial charge in [-0.1, -0.05) is 23.5 Å². The summed E-state index contributed by atoms with van der Waals surface area (Å²) in [4.78, 5) is 39.7. The van der Waals surface area contributed by atoms with Gasteiger partial charge in [-0.05, 0) is 54.8 Å². The minimum atomic E-state index is -0.540. The molecule has 35 heavy (non-hydrogen) atoms. The quantitative estimate of drug-likeness (QED) is 0.519. The third-order valence-corrected chi connectivity index (χ3v) is 6.49. The molecule has 1 fully saturated rings. The minimum absolute atomic E-state index is 0.0160. The second-order valence-corrected chi connectivity index (χ2v) is 9.01. The van der Waals surface area contributed by atoms with Crippen LogP contribution < -0.4 is 15.4 Å². The first-order valence-electron chi connectivity index (χ1n) is 11.0. The van der Waals surface area contributed by atoms with E-state index in [1.807, 2.05) is 24.3 Å². The van der Waals surface area contributed by atoms with Crippen LogP contribution in [0.5, 0.6) is 5.75 Å². The van der Waals surface area contributed by atoms with Crippen molar-refractivity contribution in [3.8, 4) is 5.75 Å². The highest BCUT2D eigenvalue weighted by atomic mass is 32.1. The van der Waals surface area contributed by atoms with Crippen LogP contribution in [0.25, 0.3) is 0 Å². The van der Waals surface area contributed by atoms with Gasteiger partial charge in [-0.3, -0.25) is 14.4 Å². The molecule has 0 spiro atoms. The number of methoxy groups -OCH3 is 1. The summed E-state index contributed by atoms with van der Waals surface area (Å²) in [7, 11) is 1.59. The van der Waals surface area contributed by atoms with E-state index in [9.17, 15) is 18.8 Å². The number of aromatic nitrogens is 2. The monoisotopic (exact) mass is 497 g/mol. The maximum atomic E-state index is 13.0. The summed E-state index contributed by atoms with van der Waals surface area (Å²) in [5.74, 6) is -1.07. The van der Waals surface area contributed by atoms with Crippen LogP contribution in [-0.4, -0.2) is 53.0 Å². The Bertz CT molecular complexity index is 1220. The third kappa shape index (κ3) is 6.18. The van der Waals surface area contributed by atoms with E-state index in [1.165, 1.54) is 24.3 Å². The predicted octanol–water partition coefficient (Wildman–Crippen LogP) is 3.11. The molecule has 0 radical (unpaired) electrons. The number of anilines is 1. The lowest BCUT2D eigenvalue weighted by Crippen LogP contribution is -2.45. The predicted molar refractivity (Wildman–Crippen MR) is 128 cm³/mol. The zero-order chi connectivity index (χ0) is 24.8. The molecule has 1 atom stereocenters. The van der Waals surface area contributed by atoms with Gasteiger partial charge in [0.05, 0.1) is 13.0 Å². The molecule has 2 heterocycles. The van der Waals surface area contributed by atoms with Crippen LogP contribution in [-0.2, 0) is 11.3 Å². The van der Waals surface area contributed by atoms with Crippen molar-refractivity contribution in [1.29, 1.82) is 0 Å². The molecule has 2 N–H and O–H groups in total. The normalized spacial score (nSPS) is 15.4. The number of amides is 3. The van der Waals surface area contributed by atoms with Crippen LogP contribution in [0.3, 0.4) is 0 Å². The Hall–Kier alpha value is -3.86. The van der Waals surface area contributed by atoms with Crippen molar-refractivity contribution in [2.45, 2.75) is 19.4 Å². The number of hydrogen-bond acceptors (Lipinski definition) is 7. The summed E-state index contributed by atoms with van der Waals surface area (Å²) in [5, 5.41) is 13.3. The van der Waals surface area contributed by atoms with Crippen LogP contribution in [0, 0.1) is 11.7 Å². The molecule has 3 aromatic rings. The fraction of sp³-hybridized carbons (Fsp3) is 0.292. The number of carbonyl (C=O) groups excluding carboxylic acids is 3. The highest BCUT2D eigenvalue weighted by Crippen LogP contribution is 2.21. The smallest absolute Gasteiger partial charge is 0.286 e. The summed E-state index contributed by atoms with van der Waals surface area (Å²) >= 11 is 0.874. The molecule has 9 nitrogen and oxygen atoms in total. The van der Waals surface area contributed by atoms with Crippen molar-refractivity contribution in [1.82, 2.24) is 20.4 Å². The van der Waals surface area contributed by atoms with E-state index in [2.05, 4.69) is 20.8 Å². The van der Waals surface area contributed by atoms with Crippen molar-refractivity contribution in [3.63, 3.8) is 0 Å². The van der Waals surface area contributed by atoms with Crippen molar-refractivity contribution in [3.05, 3.63) is 69.9 Å². The molecule has 3 amide bonds. The number of rotatable bonds is 7. The Morgan fingerprint density at radius 2 is 1.91 bits per heavy atom. The van der Waals surface area contributed by atoms with E-state index >= 15 is 0 Å². The Kier molecular flexibility index (Phi) is 7.66. The Balaban J connectivity index is 1.33. The molecule has 4 rings (SSSR count). The molecule has 1 saturated heterocycles. The van der Waals surface area contributed by atoms with Gasteiger partial charge < -0.3 is 20.3 Å². The SMILES string of the molecule is COc1cccc(CNC(=O)C2CCCN(C(=O)c3nnc(C(=O)Nc4ccc(F)cc4)s3)C2)c1. The van der Waals surface area contributed by atoms with Gasteiger partial charge in [0.1, 0.15) is 11.6 Å². The van der Waals surface area contributed by atoms with Crippen molar-refractivity contribution >= 4 is 34.7 Å². The fourth-order valence-corrected chi connectivity index (χ4v) is 4.45. The summed E-state index contributed by atoms with van der Waals surface area (Å²) in [5.41, 5.74) is 1.32. The molecule has 2 aromatic carbocycles. The van der Waals surface area contributed by atoms with Gasteiger partial charge in [0.25, 0.3) is 11.8 Å². The average Bonchev–Trinajstić information content (AvgIpc) is 3.39. The van der Waals surface area contributed by atoms with E-state index in [-0.39, 0.29) is 34.3 Å². The molecule has 182 valence electrons. The largest absolute Gasteiger partial charge is 0.497 e. The molecular weight excluding hydrogens is 473 g/mol. The molecule has 11 heteroatoms. The number of nitrogens with zero attached hydrogens (tertiary/aromatic N) is 3. The topological polar surface area (TPSA) is 114 Å². The lowest BCUT2D eigenvalue weighted by atomic mass is 9.97. The number of halogens is 1. The number of piperidine rings is 1. The zero-order valence-electron chi connectivity index (χ0n) is 19.0. The average molecular weight is 498 g/mol. The summed E-state index contributed by atoms with van der Waals surface area (Å²) in [6.07, 6.45) is 1.36. The van der Waals surface area contributed by atoms with Crippen LogP contribution in [0.2, 0.25) is 0 Å². The van der Waals surface area contributed by atoms with Crippen LogP contribution >= 0.6 is 11.3 Å². The van der Waals surface area contributed by atoms with Gasteiger partial charge in [-0.25, -0.2) is 4.39 Å². The van der Waals surface area contributed by atoms with E-state index in [1.54, 1.807) is 12.0 Å². The number of ether oxygens (including phenoxy) is 1. The summed E-state index contributed by atoms with van der Waals surface area (Å²) < 4.78 is 18.2. The van der Waals surface area contributed by atoms with Crippen LogP contribution in [0.1, 0.15) is 38.0 Å². The molecule has 0 saturated carbocycles. The van der Waals surface area contributed by atoms with Gasteiger partial charge in [0, 0.05) is 25.3 Å². The van der Waals surface area contributed by atoms with Crippen molar-refractivity contribution in [2.75, 3.05) is 25.5 Å². The lowest BCUT2D eigenvalue weighted by Gasteiger charge is -2.31. The van der Waals surface area contributed by atoms with E-state index in [0.29, 0.717) is 37.4 Å². The second-order valence-electron chi connectivity index (χ2n) is 8.03. The molecule has 1 aliphatic rings. The first kappa shape index (κ1) is 24.3. The summed E-state index contributed by atoms with van der Waals surface area (Å²) in [6.45, 7) is 1.12. The molecule has 1 unspecified atom stereocenters. The van der Waals surface area contributed by atoms with Gasteiger partial charge in [0.15, 0.2) is 0 Å². The van der Waals surface area contributed by atoms with Crippen LogP contribution in [0.15, 0.2) is 48.5 Å². The molecular formula is C24H24FN5O4S. The molecule has 1 aromatic heterocycles. The zero-order valence-corrected chi connectivity index (χ0v) is 19.8. The lowest BCUT2D eigenvalue weighted by molar-refractivity contribution is -0.126. The van der Waals surface area contributed by atoms with Gasteiger partial charge >= 0.3 is 0 Å². The maximum absolute atomic E-state index is 13.0. The highest BCUT2D eigenvalue weighted by Gasteiger charge is 2.30. The number of carbonyl (C=O) groups is 3. The number of hydrogen-bond donors (Lipinski definition) is 2. The Morgan fingerprint density at radius 1 is 1.14 bits per heavy atom. The van der Waals surface area contributed by atoms with Crippen molar-refractivity contribution < 1.29 is 23.5 Å². The number of likely N-dealkylation sites (tertiary alicyclic amines) is 1. The fourth-order valence-electron chi connectivity index (χ4n) is 3.75. The second kappa shape index (κ2) is 11.0. The molecule has 1 aliphatic heterocycles. The molecule has 0 aliphatic carbocycles. The Morgan fingerprint density at radius 3 is 2.69 bits per heavy atom. The van der Waals surface area contributed by atoms with Crippen molar-refractivity contribution in [2.24, 2.45) is 5.92 Å². The third-order valence-electron chi connectivity index (χ3n) is 5.58. The van der Waals surface area contributed by atoms with E-state index in [0.717, 1.165) is 16.9 Å². The van der Waals surface area contributed by atoms with Gasteiger partial charge in [-0.2, -0.15) is 0 Å². The standard InChI is InChI=1S/C24H24FN5O4S/c1-34-19-6-2-4-15(12-19)13-26-20(31)16-5-3-11-30(14-16)24(33)23-29-28-22(35-23)21(32)27-18-9-7-17(25)8-10-18/h2,4,6-10,12,16H,3,5,11,13-14H2,1H3,(H,26,31)(H,27,32). The van der Waals surface area contributed by atoms with Crippen LogP contribution in [0.4, 0.5) is 10.1 Å². The number of nitrogens with one attached hydrogen (secondary N) is 2. The van der Waals surface area contributed by atoms with Gasteiger partial charge in [0.2, 0.25) is 15.9 Å². The van der Waals surface area contributed by atoms with E-state index < -0.39 is 11.7 Å². The highest BCUT2D eigenvalue weighted by molar-refractivity contribution is 7.15. The van der Waals surface area contributed by atoms with E-state index in [4.69, 9.17) is 4.74 Å². The first-order chi connectivity index (χ1) is 16.9. The Labute approximate surface area is 205 Å². The summed E-state index contributed by atoms with van der Waals surface area (Å²) in [6, 6.07) is 12.8. The minimum Gasteiger partial charge on any atom is -0.497 e. The molecule has 0 bridgehead atoms. The number of benzene rings is 2. The maximum Gasteiger partial charge on any atom is 0.286 e.